The molecule has 1 fully saturated rings. The highest BCUT2D eigenvalue weighted by atomic mass is 32.1. The first-order valence-corrected chi connectivity index (χ1v) is 11.2. The van der Waals surface area contributed by atoms with Gasteiger partial charge in [-0.3, -0.25) is 9.78 Å². The van der Waals surface area contributed by atoms with Crippen LogP contribution in [0.25, 0.3) is 5.57 Å². The average Bonchev–Trinajstić information content (AvgIpc) is 3.41. The first-order chi connectivity index (χ1) is 14.1. The SMILES string of the molecule is COCCOC1CCC(NC(=O)C2(C)C=C(c3cncs3)C=C3NC=CC32)CC1. The molecule has 2 N–H and O–H groups in total. The summed E-state index contributed by atoms with van der Waals surface area (Å²) < 4.78 is 10.9. The number of methoxy groups -OCH3 is 1. The van der Waals surface area contributed by atoms with Gasteiger partial charge in [-0.05, 0) is 50.5 Å². The molecule has 1 saturated carbocycles. The van der Waals surface area contributed by atoms with Crippen molar-refractivity contribution in [3.8, 4) is 0 Å². The van der Waals surface area contributed by atoms with Crippen LogP contribution in [0.1, 0.15) is 37.5 Å². The summed E-state index contributed by atoms with van der Waals surface area (Å²) in [5.74, 6) is 0.125. The van der Waals surface area contributed by atoms with E-state index in [1.807, 2.05) is 24.8 Å². The van der Waals surface area contributed by atoms with Gasteiger partial charge in [0.2, 0.25) is 5.91 Å². The van der Waals surface area contributed by atoms with Crippen molar-refractivity contribution in [2.75, 3.05) is 20.3 Å². The standard InChI is InChI=1S/C22H29N3O3S/c1-22(21(26)25-16-3-5-17(6-4-16)28-10-9-27-2)12-15(20-13-23-14-29-20)11-19-18(22)7-8-24-19/h7-8,11-14,16-18,24H,3-6,9-10H2,1-2H3,(H,25,26). The zero-order valence-corrected chi connectivity index (χ0v) is 17.8. The van der Waals surface area contributed by atoms with Gasteiger partial charge in [-0.2, -0.15) is 0 Å². The van der Waals surface area contributed by atoms with E-state index in [-0.39, 0.29) is 24.0 Å². The number of allylic oxidation sites excluding steroid dienone is 3. The van der Waals surface area contributed by atoms with Gasteiger partial charge in [0.1, 0.15) is 0 Å². The molecule has 2 heterocycles. The van der Waals surface area contributed by atoms with Gasteiger partial charge in [0, 0.05) is 31.0 Å². The van der Waals surface area contributed by atoms with E-state index in [1.165, 1.54) is 0 Å². The number of hydrogen-bond acceptors (Lipinski definition) is 6. The Morgan fingerprint density at radius 1 is 1.34 bits per heavy atom. The zero-order valence-electron chi connectivity index (χ0n) is 17.0. The van der Waals surface area contributed by atoms with Crippen molar-refractivity contribution in [1.29, 1.82) is 0 Å². The largest absolute Gasteiger partial charge is 0.382 e. The van der Waals surface area contributed by atoms with Gasteiger partial charge in [0.25, 0.3) is 0 Å². The number of aromatic nitrogens is 1. The van der Waals surface area contributed by atoms with Crippen molar-refractivity contribution in [3.05, 3.63) is 46.7 Å². The molecule has 0 radical (unpaired) electrons. The van der Waals surface area contributed by atoms with Crippen molar-refractivity contribution in [1.82, 2.24) is 15.6 Å². The summed E-state index contributed by atoms with van der Waals surface area (Å²) in [5, 5.41) is 6.64. The molecule has 0 aromatic carbocycles. The van der Waals surface area contributed by atoms with Crippen molar-refractivity contribution < 1.29 is 14.3 Å². The van der Waals surface area contributed by atoms with Crippen LogP contribution in [-0.2, 0) is 14.3 Å². The van der Waals surface area contributed by atoms with E-state index in [0.29, 0.717) is 13.2 Å². The van der Waals surface area contributed by atoms with Gasteiger partial charge in [-0.1, -0.05) is 12.2 Å². The number of thiazole rings is 1. The van der Waals surface area contributed by atoms with E-state index >= 15 is 0 Å². The third-order valence-corrected chi connectivity index (χ3v) is 6.96. The van der Waals surface area contributed by atoms with Crippen LogP contribution in [0.3, 0.4) is 0 Å². The Labute approximate surface area is 176 Å². The third kappa shape index (κ3) is 4.32. The van der Waals surface area contributed by atoms with E-state index in [0.717, 1.165) is 41.8 Å². The van der Waals surface area contributed by atoms with Crippen LogP contribution in [0.5, 0.6) is 0 Å². The molecule has 3 aliphatic rings. The topological polar surface area (TPSA) is 72.5 Å². The van der Waals surface area contributed by atoms with E-state index in [4.69, 9.17) is 9.47 Å². The Kier molecular flexibility index (Phi) is 6.18. The Morgan fingerprint density at radius 2 is 2.17 bits per heavy atom. The Morgan fingerprint density at radius 3 is 2.90 bits per heavy atom. The van der Waals surface area contributed by atoms with Crippen molar-refractivity contribution in [2.45, 2.75) is 44.8 Å². The lowest BCUT2D eigenvalue weighted by molar-refractivity contribution is -0.130. The molecule has 0 bridgehead atoms. The second kappa shape index (κ2) is 8.81. The molecular weight excluding hydrogens is 386 g/mol. The van der Waals surface area contributed by atoms with Crippen molar-refractivity contribution in [2.24, 2.45) is 11.3 Å². The Hall–Kier alpha value is -1.96. The maximum Gasteiger partial charge on any atom is 0.231 e. The predicted octanol–water partition coefficient (Wildman–Crippen LogP) is 3.25. The zero-order chi connectivity index (χ0) is 20.3. The lowest BCUT2D eigenvalue weighted by Crippen LogP contribution is -2.49. The van der Waals surface area contributed by atoms with Crippen LogP contribution >= 0.6 is 11.3 Å². The molecule has 4 rings (SSSR count). The summed E-state index contributed by atoms with van der Waals surface area (Å²) in [6.07, 6.45) is 14.3. The molecule has 1 aromatic heterocycles. The van der Waals surface area contributed by atoms with Crippen molar-refractivity contribution >= 4 is 22.8 Å². The minimum Gasteiger partial charge on any atom is -0.382 e. The Balaban J connectivity index is 1.42. The summed E-state index contributed by atoms with van der Waals surface area (Å²) in [5.41, 5.74) is 3.33. The summed E-state index contributed by atoms with van der Waals surface area (Å²) in [6, 6.07) is 0.203. The maximum absolute atomic E-state index is 13.4. The van der Waals surface area contributed by atoms with Crippen LogP contribution in [0.15, 0.2) is 41.8 Å². The summed E-state index contributed by atoms with van der Waals surface area (Å²) in [4.78, 5) is 18.7. The number of carbonyl (C=O) groups is 1. The van der Waals surface area contributed by atoms with Gasteiger partial charge in [0.05, 0.1) is 35.1 Å². The quantitative estimate of drug-likeness (QED) is 0.669. The molecule has 2 aliphatic carbocycles. The number of nitrogens with one attached hydrogen (secondary N) is 2. The minimum absolute atomic E-state index is 0.0351. The molecule has 29 heavy (non-hydrogen) atoms. The molecule has 0 saturated heterocycles. The lowest BCUT2D eigenvalue weighted by Gasteiger charge is -2.37. The number of amides is 1. The van der Waals surface area contributed by atoms with E-state index in [1.54, 1.807) is 18.4 Å². The molecule has 1 aliphatic heterocycles. The highest BCUT2D eigenvalue weighted by Crippen LogP contribution is 2.44. The van der Waals surface area contributed by atoms with Gasteiger partial charge < -0.3 is 20.1 Å². The summed E-state index contributed by atoms with van der Waals surface area (Å²) >= 11 is 1.59. The fourth-order valence-electron chi connectivity index (χ4n) is 4.43. The lowest BCUT2D eigenvalue weighted by atomic mass is 9.70. The number of hydrogen-bond donors (Lipinski definition) is 2. The normalized spacial score (nSPS) is 30.9. The first-order valence-electron chi connectivity index (χ1n) is 10.3. The van der Waals surface area contributed by atoms with Gasteiger partial charge in [-0.15, -0.1) is 11.3 Å². The second-order valence-corrected chi connectivity index (χ2v) is 9.03. The molecule has 2 unspecified atom stereocenters. The third-order valence-electron chi connectivity index (χ3n) is 6.14. The van der Waals surface area contributed by atoms with Crippen LogP contribution in [0, 0.1) is 11.3 Å². The first kappa shape index (κ1) is 20.3. The number of fused-ring (bicyclic) bond motifs is 1. The van der Waals surface area contributed by atoms with E-state index in [2.05, 4.69) is 33.8 Å². The maximum atomic E-state index is 13.4. The van der Waals surface area contributed by atoms with Gasteiger partial charge in [-0.25, -0.2) is 0 Å². The molecule has 1 amide bonds. The second-order valence-electron chi connectivity index (χ2n) is 8.14. The summed E-state index contributed by atoms with van der Waals surface area (Å²) in [6.45, 7) is 3.30. The van der Waals surface area contributed by atoms with Crippen LogP contribution in [0.2, 0.25) is 0 Å². The van der Waals surface area contributed by atoms with Gasteiger partial charge >= 0.3 is 0 Å². The molecule has 6 nitrogen and oxygen atoms in total. The number of ether oxygens (including phenoxy) is 2. The van der Waals surface area contributed by atoms with Crippen molar-refractivity contribution in [3.63, 3.8) is 0 Å². The molecule has 7 heteroatoms. The van der Waals surface area contributed by atoms with E-state index in [9.17, 15) is 4.79 Å². The Bertz CT molecular complexity index is 809. The van der Waals surface area contributed by atoms with Gasteiger partial charge in [0.15, 0.2) is 0 Å². The van der Waals surface area contributed by atoms with Crippen LogP contribution < -0.4 is 10.6 Å². The predicted molar refractivity (Wildman–Crippen MR) is 114 cm³/mol. The number of nitrogens with zero attached hydrogens (tertiary/aromatic N) is 1. The molecule has 2 atom stereocenters. The monoisotopic (exact) mass is 415 g/mol. The van der Waals surface area contributed by atoms with E-state index < -0.39 is 5.41 Å². The highest BCUT2D eigenvalue weighted by molar-refractivity contribution is 7.10. The molecular formula is C22H29N3O3S. The minimum atomic E-state index is -0.630. The summed E-state index contributed by atoms with van der Waals surface area (Å²) in [7, 11) is 1.69. The fourth-order valence-corrected chi connectivity index (χ4v) is 5.04. The number of carbonyl (C=O) groups excluding carboxylic acids is 1. The smallest absolute Gasteiger partial charge is 0.231 e. The number of rotatable bonds is 7. The highest BCUT2D eigenvalue weighted by Gasteiger charge is 2.45. The van der Waals surface area contributed by atoms with Crippen LogP contribution in [0.4, 0.5) is 0 Å². The molecule has 0 spiro atoms. The average molecular weight is 416 g/mol. The molecule has 1 aromatic rings. The fraction of sp³-hybridized carbons (Fsp3) is 0.545. The van der Waals surface area contributed by atoms with Crippen LogP contribution in [-0.4, -0.2) is 43.4 Å². The molecule has 156 valence electrons.